The molecule has 2 heterocycles. The van der Waals surface area contributed by atoms with Crippen molar-refractivity contribution in [2.75, 3.05) is 25.1 Å². The van der Waals surface area contributed by atoms with Crippen molar-refractivity contribution in [1.29, 1.82) is 0 Å². The summed E-state index contributed by atoms with van der Waals surface area (Å²) in [7, 11) is 0. The minimum atomic E-state index is -0.107. The number of nitrogens with one attached hydrogen (secondary N) is 2. The van der Waals surface area contributed by atoms with Crippen LogP contribution >= 0.6 is 11.3 Å². The Bertz CT molecular complexity index is 731. The van der Waals surface area contributed by atoms with Gasteiger partial charge >= 0.3 is 0 Å². The highest BCUT2D eigenvalue weighted by Crippen LogP contribution is 2.32. The number of carbonyl (C=O) groups excluding carboxylic acids is 2. The van der Waals surface area contributed by atoms with Gasteiger partial charge in [-0.05, 0) is 30.0 Å². The molecule has 0 spiro atoms. The first-order valence-corrected chi connectivity index (χ1v) is 9.16. The zero-order valence-electron chi connectivity index (χ0n) is 13.7. The predicted molar refractivity (Wildman–Crippen MR) is 96.6 cm³/mol. The number of hydrogen-bond donors (Lipinski definition) is 2. The summed E-state index contributed by atoms with van der Waals surface area (Å²) in [5.74, 6) is 1.15. The zero-order valence-corrected chi connectivity index (χ0v) is 14.6. The summed E-state index contributed by atoms with van der Waals surface area (Å²) in [5.41, 5.74) is 1.33. The highest BCUT2D eigenvalue weighted by molar-refractivity contribution is 7.08. The number of carbonyl (C=O) groups is 2. The molecule has 0 atom stereocenters. The Balaban J connectivity index is 1.42. The number of amides is 2. The van der Waals surface area contributed by atoms with E-state index in [9.17, 15) is 9.59 Å². The standard InChI is InChI=1S/C18H20N2O4S/c21-17(3-1-7-19-18(22)13-6-10-25-12-13)20-14-4-5-15-16(11-14)24-9-2-8-23-15/h4-6,10-12H,1-3,7-9H2,(H,19,22)(H,20,21). The second-order valence-corrected chi connectivity index (χ2v) is 6.41. The summed E-state index contributed by atoms with van der Waals surface area (Å²) >= 11 is 1.48. The van der Waals surface area contributed by atoms with Crippen LogP contribution in [0.2, 0.25) is 0 Å². The van der Waals surface area contributed by atoms with E-state index in [-0.39, 0.29) is 11.8 Å². The number of anilines is 1. The van der Waals surface area contributed by atoms with Gasteiger partial charge in [0.05, 0.1) is 13.2 Å². The molecule has 0 aliphatic carbocycles. The van der Waals surface area contributed by atoms with Crippen LogP contribution in [0.5, 0.6) is 11.5 Å². The van der Waals surface area contributed by atoms with Gasteiger partial charge in [0.15, 0.2) is 11.5 Å². The van der Waals surface area contributed by atoms with Gasteiger partial charge in [-0.25, -0.2) is 0 Å². The van der Waals surface area contributed by atoms with Gasteiger partial charge in [0.1, 0.15) is 0 Å². The van der Waals surface area contributed by atoms with Crippen molar-refractivity contribution in [3.8, 4) is 11.5 Å². The Morgan fingerprint density at radius 3 is 2.76 bits per heavy atom. The second-order valence-electron chi connectivity index (χ2n) is 5.63. The van der Waals surface area contributed by atoms with E-state index < -0.39 is 0 Å². The van der Waals surface area contributed by atoms with Crippen LogP contribution in [0.25, 0.3) is 0 Å². The van der Waals surface area contributed by atoms with Gasteiger partial charge in [0.2, 0.25) is 5.91 Å². The van der Waals surface area contributed by atoms with Crippen LogP contribution in [0, 0.1) is 0 Å². The van der Waals surface area contributed by atoms with E-state index in [1.54, 1.807) is 29.6 Å². The highest BCUT2D eigenvalue weighted by Gasteiger charge is 2.12. The number of thiophene rings is 1. The molecule has 0 unspecified atom stereocenters. The lowest BCUT2D eigenvalue weighted by molar-refractivity contribution is -0.116. The molecule has 25 heavy (non-hydrogen) atoms. The lowest BCUT2D eigenvalue weighted by Gasteiger charge is -2.10. The maximum atomic E-state index is 12.0. The Labute approximate surface area is 150 Å². The fourth-order valence-corrected chi connectivity index (χ4v) is 3.05. The van der Waals surface area contributed by atoms with Gasteiger partial charge in [-0.1, -0.05) is 0 Å². The third kappa shape index (κ3) is 4.96. The van der Waals surface area contributed by atoms with Gasteiger partial charge in [-0.2, -0.15) is 11.3 Å². The topological polar surface area (TPSA) is 76.7 Å². The van der Waals surface area contributed by atoms with Crippen molar-refractivity contribution in [3.05, 3.63) is 40.6 Å². The minimum Gasteiger partial charge on any atom is -0.490 e. The second kappa shape index (κ2) is 8.53. The number of hydrogen-bond acceptors (Lipinski definition) is 5. The Hall–Kier alpha value is -2.54. The number of rotatable bonds is 6. The third-order valence-electron chi connectivity index (χ3n) is 3.68. The first-order valence-electron chi connectivity index (χ1n) is 8.22. The first-order chi connectivity index (χ1) is 12.2. The van der Waals surface area contributed by atoms with E-state index in [1.807, 2.05) is 5.38 Å². The summed E-state index contributed by atoms with van der Waals surface area (Å²) in [6.07, 6.45) is 1.75. The molecule has 2 N–H and O–H groups in total. The summed E-state index contributed by atoms with van der Waals surface area (Å²) in [6.45, 7) is 1.70. The number of fused-ring (bicyclic) bond motifs is 1. The third-order valence-corrected chi connectivity index (χ3v) is 4.36. The summed E-state index contributed by atoms with van der Waals surface area (Å²) in [5, 5.41) is 9.30. The van der Waals surface area contributed by atoms with E-state index in [4.69, 9.17) is 9.47 Å². The molecule has 3 rings (SSSR count). The molecule has 2 aromatic rings. The average molecular weight is 360 g/mol. The zero-order chi connectivity index (χ0) is 17.5. The lowest BCUT2D eigenvalue weighted by Crippen LogP contribution is -2.25. The lowest BCUT2D eigenvalue weighted by atomic mass is 10.2. The molecule has 1 aromatic carbocycles. The van der Waals surface area contributed by atoms with Crippen LogP contribution in [0.1, 0.15) is 29.6 Å². The van der Waals surface area contributed by atoms with Crippen LogP contribution in [0.3, 0.4) is 0 Å². The van der Waals surface area contributed by atoms with Crippen LogP contribution in [-0.2, 0) is 4.79 Å². The molecule has 0 saturated carbocycles. The largest absolute Gasteiger partial charge is 0.490 e. The number of benzene rings is 1. The van der Waals surface area contributed by atoms with Gasteiger partial charge in [-0.15, -0.1) is 0 Å². The first kappa shape index (κ1) is 17.3. The molecule has 0 bridgehead atoms. The van der Waals surface area contributed by atoms with E-state index in [0.717, 1.165) is 6.42 Å². The molecule has 7 heteroatoms. The van der Waals surface area contributed by atoms with Crippen molar-refractivity contribution in [2.24, 2.45) is 0 Å². The maximum Gasteiger partial charge on any atom is 0.252 e. The molecule has 0 fully saturated rings. The molecule has 0 radical (unpaired) electrons. The summed E-state index contributed by atoms with van der Waals surface area (Å²) < 4.78 is 11.2. The van der Waals surface area contributed by atoms with Gasteiger partial charge in [0, 0.05) is 42.1 Å². The molecular formula is C18H20N2O4S. The Morgan fingerprint density at radius 2 is 1.96 bits per heavy atom. The number of ether oxygens (including phenoxy) is 2. The molecule has 1 aliphatic heterocycles. The van der Waals surface area contributed by atoms with Crippen molar-refractivity contribution in [2.45, 2.75) is 19.3 Å². The Morgan fingerprint density at radius 1 is 1.12 bits per heavy atom. The van der Waals surface area contributed by atoms with Crippen LogP contribution < -0.4 is 20.1 Å². The minimum absolute atomic E-state index is 0.0979. The molecule has 6 nitrogen and oxygen atoms in total. The molecule has 0 saturated heterocycles. The maximum absolute atomic E-state index is 12.0. The Kier molecular flexibility index (Phi) is 5.90. The quantitative estimate of drug-likeness (QED) is 0.776. The molecule has 2 amide bonds. The summed E-state index contributed by atoms with van der Waals surface area (Å²) in [4.78, 5) is 23.8. The van der Waals surface area contributed by atoms with Crippen LogP contribution in [0.15, 0.2) is 35.0 Å². The van der Waals surface area contributed by atoms with E-state index in [0.29, 0.717) is 55.4 Å². The van der Waals surface area contributed by atoms with E-state index in [2.05, 4.69) is 10.6 Å². The van der Waals surface area contributed by atoms with Crippen molar-refractivity contribution in [3.63, 3.8) is 0 Å². The molecule has 132 valence electrons. The van der Waals surface area contributed by atoms with E-state index in [1.165, 1.54) is 11.3 Å². The van der Waals surface area contributed by atoms with Crippen molar-refractivity contribution < 1.29 is 19.1 Å². The van der Waals surface area contributed by atoms with Crippen LogP contribution in [0.4, 0.5) is 5.69 Å². The molecular weight excluding hydrogens is 340 g/mol. The SMILES string of the molecule is O=C(CCCNC(=O)c1ccsc1)Nc1ccc2c(c1)OCCCO2. The summed E-state index contributed by atoms with van der Waals surface area (Å²) in [6, 6.07) is 7.15. The van der Waals surface area contributed by atoms with Crippen molar-refractivity contribution in [1.82, 2.24) is 5.32 Å². The molecule has 1 aromatic heterocycles. The van der Waals surface area contributed by atoms with E-state index >= 15 is 0 Å². The monoisotopic (exact) mass is 360 g/mol. The van der Waals surface area contributed by atoms with Crippen molar-refractivity contribution >= 4 is 28.8 Å². The van der Waals surface area contributed by atoms with Gasteiger partial charge in [0.25, 0.3) is 5.91 Å². The predicted octanol–water partition coefficient (Wildman–Crippen LogP) is 3.06. The van der Waals surface area contributed by atoms with Crippen LogP contribution in [-0.4, -0.2) is 31.6 Å². The fraction of sp³-hybridized carbons (Fsp3) is 0.333. The van der Waals surface area contributed by atoms with Gasteiger partial charge in [-0.3, -0.25) is 9.59 Å². The average Bonchev–Trinajstić information content (AvgIpc) is 3.05. The smallest absolute Gasteiger partial charge is 0.252 e. The van der Waals surface area contributed by atoms with Gasteiger partial charge < -0.3 is 20.1 Å². The molecule has 1 aliphatic rings. The fourth-order valence-electron chi connectivity index (χ4n) is 2.41. The highest BCUT2D eigenvalue weighted by atomic mass is 32.1. The normalized spacial score (nSPS) is 13.0.